The van der Waals surface area contributed by atoms with Crippen LogP contribution in [0.1, 0.15) is 13.3 Å². The Morgan fingerprint density at radius 2 is 1.67 bits per heavy atom. The van der Waals surface area contributed by atoms with Gasteiger partial charge < -0.3 is 24.3 Å². The molecule has 10 heteroatoms. The summed E-state index contributed by atoms with van der Waals surface area (Å²) in [5.41, 5.74) is 0.353. The fourth-order valence-corrected chi connectivity index (χ4v) is 3.07. The maximum absolute atomic E-state index is 13.2. The summed E-state index contributed by atoms with van der Waals surface area (Å²) in [5, 5.41) is 6.91. The van der Waals surface area contributed by atoms with E-state index < -0.39 is 23.4 Å². The Bertz CT molecular complexity index is 1150. The molecule has 1 unspecified atom stereocenters. The van der Waals surface area contributed by atoms with Gasteiger partial charge in [-0.25, -0.2) is 4.39 Å². The smallest absolute Gasteiger partial charge is 0.271 e. The van der Waals surface area contributed by atoms with Crippen molar-refractivity contribution in [3.05, 3.63) is 64.7 Å². The molecule has 1 N–H and O–H groups in total. The van der Waals surface area contributed by atoms with Gasteiger partial charge in [0.1, 0.15) is 5.82 Å². The zero-order valence-corrected chi connectivity index (χ0v) is 18.6. The number of hydrogen-bond acceptors (Lipinski definition) is 7. The largest absolute Gasteiger partial charge is 0.493 e. The minimum absolute atomic E-state index is 0.0609. The van der Waals surface area contributed by atoms with Crippen molar-refractivity contribution in [1.29, 1.82) is 0 Å². The van der Waals surface area contributed by atoms with E-state index in [4.69, 9.17) is 18.9 Å². The number of hydrogen-bond donors (Lipinski definition) is 1. The minimum Gasteiger partial charge on any atom is -0.493 e. The number of amides is 1. The quantitative estimate of drug-likeness (QED) is 0.527. The van der Waals surface area contributed by atoms with Crippen LogP contribution < -0.4 is 29.8 Å². The van der Waals surface area contributed by atoms with E-state index in [1.807, 2.05) is 0 Å². The number of anilines is 1. The van der Waals surface area contributed by atoms with E-state index in [9.17, 15) is 14.0 Å². The van der Waals surface area contributed by atoms with Crippen molar-refractivity contribution in [2.75, 3.05) is 26.6 Å². The molecular formula is C23H24FN3O6. The first-order chi connectivity index (χ1) is 15.9. The number of halogens is 1. The maximum atomic E-state index is 13.2. The van der Waals surface area contributed by atoms with Crippen molar-refractivity contribution in [3.8, 4) is 28.8 Å². The molecule has 33 heavy (non-hydrogen) atoms. The molecule has 0 bridgehead atoms. The highest BCUT2D eigenvalue weighted by Crippen LogP contribution is 2.40. The standard InChI is InChI=1S/C23H24FN3O6/c1-5-17(23(29)25-15-12-18(30-2)22(32-4)19(13-15)31-3)33-20-10-11-21(28)27(26-20)16-8-6-14(24)7-9-16/h6-13,17H,5H2,1-4H3,(H,25,29). The van der Waals surface area contributed by atoms with Gasteiger partial charge in [0.25, 0.3) is 11.5 Å². The first kappa shape index (κ1) is 23.6. The fourth-order valence-electron chi connectivity index (χ4n) is 3.07. The van der Waals surface area contributed by atoms with Crippen LogP contribution in [-0.4, -0.2) is 43.1 Å². The highest BCUT2D eigenvalue weighted by molar-refractivity contribution is 5.95. The van der Waals surface area contributed by atoms with Crippen LogP contribution in [0.5, 0.6) is 23.1 Å². The molecule has 1 heterocycles. The average Bonchev–Trinajstić information content (AvgIpc) is 2.83. The topological polar surface area (TPSA) is 101 Å². The predicted octanol–water partition coefficient (Wildman–Crippen LogP) is 3.19. The van der Waals surface area contributed by atoms with Crippen molar-refractivity contribution in [3.63, 3.8) is 0 Å². The fraction of sp³-hybridized carbons (Fsp3) is 0.261. The molecule has 3 aromatic rings. The lowest BCUT2D eigenvalue weighted by molar-refractivity contribution is -0.123. The second kappa shape index (κ2) is 10.5. The monoisotopic (exact) mass is 457 g/mol. The SMILES string of the molecule is CCC(Oc1ccc(=O)n(-c2ccc(F)cc2)n1)C(=O)Nc1cc(OC)c(OC)c(OC)c1. The van der Waals surface area contributed by atoms with E-state index in [0.717, 1.165) is 4.68 Å². The number of rotatable bonds is 9. The second-order valence-corrected chi connectivity index (χ2v) is 6.82. The van der Waals surface area contributed by atoms with Crippen LogP contribution in [0.15, 0.2) is 53.3 Å². The number of aromatic nitrogens is 2. The Labute approximate surface area is 189 Å². The molecule has 0 fully saturated rings. The Hall–Kier alpha value is -4.08. The highest BCUT2D eigenvalue weighted by atomic mass is 19.1. The third kappa shape index (κ3) is 5.40. The van der Waals surface area contributed by atoms with Gasteiger partial charge in [-0.1, -0.05) is 6.92 Å². The van der Waals surface area contributed by atoms with Crippen molar-refractivity contribution >= 4 is 11.6 Å². The number of carbonyl (C=O) groups is 1. The minimum atomic E-state index is -0.907. The lowest BCUT2D eigenvalue weighted by Gasteiger charge is -2.18. The first-order valence-electron chi connectivity index (χ1n) is 10.0. The Morgan fingerprint density at radius 1 is 1.03 bits per heavy atom. The van der Waals surface area contributed by atoms with Gasteiger partial charge in [0, 0.05) is 30.0 Å². The summed E-state index contributed by atoms with van der Waals surface area (Å²) in [7, 11) is 4.43. The number of nitrogens with zero attached hydrogens (tertiary/aromatic N) is 2. The van der Waals surface area contributed by atoms with Crippen LogP contribution in [-0.2, 0) is 4.79 Å². The van der Waals surface area contributed by atoms with Gasteiger partial charge in [-0.05, 0) is 30.7 Å². The summed E-state index contributed by atoms with van der Waals surface area (Å²) < 4.78 is 35.9. The predicted molar refractivity (Wildman–Crippen MR) is 119 cm³/mol. The van der Waals surface area contributed by atoms with Gasteiger partial charge >= 0.3 is 0 Å². The summed E-state index contributed by atoms with van der Waals surface area (Å²) in [5.74, 6) is 0.351. The van der Waals surface area contributed by atoms with E-state index in [-0.39, 0.29) is 5.88 Å². The number of benzene rings is 2. The van der Waals surface area contributed by atoms with Gasteiger partial charge in [-0.2, -0.15) is 4.68 Å². The molecule has 9 nitrogen and oxygen atoms in total. The van der Waals surface area contributed by atoms with Gasteiger partial charge in [-0.15, -0.1) is 5.10 Å². The van der Waals surface area contributed by atoms with Gasteiger partial charge in [0.05, 0.1) is 27.0 Å². The molecule has 0 saturated carbocycles. The first-order valence-corrected chi connectivity index (χ1v) is 10.0. The summed E-state index contributed by atoms with van der Waals surface area (Å²) in [6.45, 7) is 1.77. The van der Waals surface area contributed by atoms with E-state index in [1.165, 1.54) is 57.7 Å². The van der Waals surface area contributed by atoms with Crippen molar-refractivity contribution in [2.45, 2.75) is 19.4 Å². The highest BCUT2D eigenvalue weighted by Gasteiger charge is 2.22. The number of nitrogens with one attached hydrogen (secondary N) is 1. The number of ether oxygens (including phenoxy) is 4. The maximum Gasteiger partial charge on any atom is 0.271 e. The third-order valence-electron chi connectivity index (χ3n) is 4.71. The molecule has 3 rings (SSSR count). The van der Waals surface area contributed by atoms with Crippen LogP contribution >= 0.6 is 0 Å². The molecule has 0 saturated heterocycles. The molecular weight excluding hydrogens is 433 g/mol. The molecule has 1 amide bonds. The van der Waals surface area contributed by atoms with Crippen LogP contribution in [0, 0.1) is 5.82 Å². The summed E-state index contributed by atoms with van der Waals surface area (Å²) >= 11 is 0. The summed E-state index contributed by atoms with van der Waals surface area (Å²) in [4.78, 5) is 25.1. The van der Waals surface area contributed by atoms with Crippen molar-refractivity contribution < 1.29 is 28.1 Å². The molecule has 0 aliphatic carbocycles. The molecule has 0 spiro atoms. The van der Waals surface area contributed by atoms with E-state index >= 15 is 0 Å². The molecule has 0 radical (unpaired) electrons. The molecule has 174 valence electrons. The zero-order valence-electron chi connectivity index (χ0n) is 18.6. The molecule has 0 aliphatic rings. The van der Waals surface area contributed by atoms with E-state index in [0.29, 0.717) is 35.0 Å². The van der Waals surface area contributed by atoms with Crippen LogP contribution in [0.2, 0.25) is 0 Å². The molecule has 1 aromatic heterocycles. The summed E-state index contributed by atoms with van der Waals surface area (Å²) in [6.07, 6.45) is -0.580. The van der Waals surface area contributed by atoms with Gasteiger partial charge in [0.2, 0.25) is 11.6 Å². The van der Waals surface area contributed by atoms with Crippen molar-refractivity contribution in [1.82, 2.24) is 9.78 Å². The lowest BCUT2D eigenvalue weighted by Crippen LogP contribution is -2.33. The van der Waals surface area contributed by atoms with Crippen LogP contribution in [0.25, 0.3) is 5.69 Å². The van der Waals surface area contributed by atoms with Crippen LogP contribution in [0.4, 0.5) is 10.1 Å². The van der Waals surface area contributed by atoms with Gasteiger partial charge in [-0.3, -0.25) is 9.59 Å². The summed E-state index contributed by atoms with van der Waals surface area (Å²) in [6, 6.07) is 11.1. The van der Waals surface area contributed by atoms with E-state index in [2.05, 4.69) is 10.4 Å². The average molecular weight is 457 g/mol. The van der Waals surface area contributed by atoms with Crippen LogP contribution in [0.3, 0.4) is 0 Å². The lowest BCUT2D eigenvalue weighted by atomic mass is 10.2. The number of methoxy groups -OCH3 is 3. The second-order valence-electron chi connectivity index (χ2n) is 6.82. The van der Waals surface area contributed by atoms with Crippen molar-refractivity contribution in [2.24, 2.45) is 0 Å². The zero-order chi connectivity index (χ0) is 24.0. The molecule has 1 atom stereocenters. The number of carbonyl (C=O) groups excluding carboxylic acids is 1. The third-order valence-corrected chi connectivity index (χ3v) is 4.71. The Kier molecular flexibility index (Phi) is 7.50. The van der Waals surface area contributed by atoms with Gasteiger partial charge in [0.15, 0.2) is 17.6 Å². The molecule has 0 aliphatic heterocycles. The molecule has 2 aromatic carbocycles. The Balaban J connectivity index is 1.81. The van der Waals surface area contributed by atoms with E-state index in [1.54, 1.807) is 19.1 Å². The Morgan fingerprint density at radius 3 is 2.21 bits per heavy atom. The normalized spacial score (nSPS) is 11.4.